The molecule has 0 amide bonds. The van der Waals surface area contributed by atoms with E-state index in [1.165, 1.54) is 27.9 Å². The van der Waals surface area contributed by atoms with Gasteiger partial charge in [-0.15, -0.1) is 0 Å². The fourth-order valence-electron chi connectivity index (χ4n) is 2.97. The lowest BCUT2D eigenvalue weighted by Crippen LogP contribution is -2.05. The number of hydrogen-bond donors (Lipinski definition) is 1. The summed E-state index contributed by atoms with van der Waals surface area (Å²) in [7, 11) is 0. The van der Waals surface area contributed by atoms with Gasteiger partial charge in [0.05, 0.1) is 6.20 Å². The van der Waals surface area contributed by atoms with Crippen LogP contribution in [0.1, 0.15) is 36.2 Å². The van der Waals surface area contributed by atoms with Crippen LogP contribution < -0.4 is 5.73 Å². The van der Waals surface area contributed by atoms with E-state index in [1.807, 2.05) is 10.9 Å². The second-order valence-corrected chi connectivity index (χ2v) is 4.98. The lowest BCUT2D eigenvalue weighted by Gasteiger charge is -2.09. The molecule has 1 heterocycles. The van der Waals surface area contributed by atoms with E-state index in [-0.39, 0.29) is 6.04 Å². The average molecular weight is 241 g/mol. The molecule has 3 rings (SSSR count). The molecule has 18 heavy (non-hydrogen) atoms. The fraction of sp³-hybridized carbons (Fsp3) is 0.400. The van der Waals surface area contributed by atoms with Gasteiger partial charge in [-0.1, -0.05) is 18.2 Å². The third-order valence-electron chi connectivity index (χ3n) is 4.01. The molecule has 0 aliphatic heterocycles. The van der Waals surface area contributed by atoms with Crippen molar-refractivity contribution in [3.63, 3.8) is 0 Å². The maximum Gasteiger partial charge on any atom is 0.0571 e. The summed E-state index contributed by atoms with van der Waals surface area (Å²) in [4.78, 5) is 0. The maximum absolute atomic E-state index is 6.14. The van der Waals surface area contributed by atoms with E-state index >= 15 is 0 Å². The smallest absolute Gasteiger partial charge is 0.0571 e. The summed E-state index contributed by atoms with van der Waals surface area (Å²) in [6.07, 6.45) is 4.13. The second kappa shape index (κ2) is 4.25. The number of hydrogen-bond acceptors (Lipinski definition) is 2. The van der Waals surface area contributed by atoms with Crippen molar-refractivity contribution >= 4 is 0 Å². The van der Waals surface area contributed by atoms with Gasteiger partial charge in [0.1, 0.15) is 0 Å². The molecule has 1 unspecified atom stereocenters. The molecule has 0 bridgehead atoms. The van der Waals surface area contributed by atoms with E-state index in [2.05, 4.69) is 37.1 Å². The summed E-state index contributed by atoms with van der Waals surface area (Å²) in [5.41, 5.74) is 12.7. The first kappa shape index (κ1) is 11.5. The number of rotatable bonds is 2. The Hall–Kier alpha value is -1.61. The molecule has 2 N–H and O–H groups in total. The molecule has 2 aromatic rings. The molecular formula is C15H19N3. The number of nitrogens with zero attached hydrogens (tertiary/aromatic N) is 2. The van der Waals surface area contributed by atoms with Crippen molar-refractivity contribution in [3.8, 4) is 11.1 Å². The minimum absolute atomic E-state index is 0.210. The normalized spacial score (nSPS) is 18.1. The largest absolute Gasteiger partial charge is 0.324 e. The van der Waals surface area contributed by atoms with Gasteiger partial charge in [0, 0.05) is 23.8 Å². The number of fused-ring (bicyclic) bond motifs is 1. The van der Waals surface area contributed by atoms with Crippen LogP contribution in [0, 0.1) is 6.92 Å². The van der Waals surface area contributed by atoms with E-state index in [0.29, 0.717) is 0 Å². The first-order valence-corrected chi connectivity index (χ1v) is 6.62. The van der Waals surface area contributed by atoms with Crippen molar-refractivity contribution in [2.75, 3.05) is 0 Å². The Kier molecular flexibility index (Phi) is 2.71. The maximum atomic E-state index is 6.14. The van der Waals surface area contributed by atoms with Crippen molar-refractivity contribution in [3.05, 3.63) is 41.2 Å². The highest BCUT2D eigenvalue weighted by atomic mass is 15.3. The third kappa shape index (κ3) is 1.58. The van der Waals surface area contributed by atoms with E-state index < -0.39 is 0 Å². The standard InChI is InChI=1S/C15H19N3/c1-3-18-10(2)14(9-17-18)11-5-4-6-13-12(11)7-8-15(13)16/h4-6,9,15H,3,7-8,16H2,1-2H3. The summed E-state index contributed by atoms with van der Waals surface area (Å²) in [5, 5.41) is 4.44. The van der Waals surface area contributed by atoms with E-state index in [4.69, 9.17) is 5.73 Å². The molecule has 3 heteroatoms. The Bertz CT molecular complexity index is 583. The van der Waals surface area contributed by atoms with Crippen LogP contribution >= 0.6 is 0 Å². The van der Waals surface area contributed by atoms with E-state index in [1.54, 1.807) is 0 Å². The quantitative estimate of drug-likeness (QED) is 0.878. The first-order valence-electron chi connectivity index (χ1n) is 6.62. The summed E-state index contributed by atoms with van der Waals surface area (Å²) >= 11 is 0. The highest BCUT2D eigenvalue weighted by molar-refractivity contribution is 5.71. The highest BCUT2D eigenvalue weighted by Crippen LogP contribution is 2.37. The molecule has 0 radical (unpaired) electrons. The molecule has 0 spiro atoms. The fourth-order valence-corrected chi connectivity index (χ4v) is 2.97. The van der Waals surface area contributed by atoms with Crippen LogP contribution in [0.4, 0.5) is 0 Å². The van der Waals surface area contributed by atoms with Crippen LogP contribution in [-0.4, -0.2) is 9.78 Å². The molecule has 1 aliphatic rings. The first-order chi connectivity index (χ1) is 8.72. The Balaban J connectivity index is 2.15. The second-order valence-electron chi connectivity index (χ2n) is 4.98. The predicted molar refractivity (Wildman–Crippen MR) is 73.3 cm³/mol. The summed E-state index contributed by atoms with van der Waals surface area (Å²) in [6, 6.07) is 6.68. The summed E-state index contributed by atoms with van der Waals surface area (Å²) < 4.78 is 2.05. The van der Waals surface area contributed by atoms with Crippen LogP contribution in [0.2, 0.25) is 0 Å². The number of benzene rings is 1. The molecule has 0 fully saturated rings. The average Bonchev–Trinajstić information content (AvgIpc) is 2.93. The third-order valence-corrected chi connectivity index (χ3v) is 4.01. The molecule has 1 aromatic heterocycles. The van der Waals surface area contributed by atoms with Gasteiger partial charge in [-0.2, -0.15) is 5.10 Å². The number of nitrogens with two attached hydrogens (primary N) is 1. The Morgan fingerprint density at radius 3 is 2.94 bits per heavy atom. The number of aryl methyl sites for hydroxylation is 1. The molecule has 1 aromatic carbocycles. The summed E-state index contributed by atoms with van der Waals surface area (Å²) in [6.45, 7) is 5.18. The van der Waals surface area contributed by atoms with E-state index in [0.717, 1.165) is 19.4 Å². The molecular weight excluding hydrogens is 222 g/mol. The van der Waals surface area contributed by atoms with Gasteiger partial charge in [0.2, 0.25) is 0 Å². The van der Waals surface area contributed by atoms with Crippen LogP contribution in [0.3, 0.4) is 0 Å². The molecule has 1 atom stereocenters. The van der Waals surface area contributed by atoms with E-state index in [9.17, 15) is 0 Å². The van der Waals surface area contributed by atoms with Gasteiger partial charge >= 0.3 is 0 Å². The SMILES string of the molecule is CCn1ncc(-c2cccc3c2CCC3N)c1C. The van der Waals surface area contributed by atoms with Crippen molar-refractivity contribution in [1.29, 1.82) is 0 Å². The Morgan fingerprint density at radius 1 is 1.39 bits per heavy atom. The van der Waals surface area contributed by atoms with Gasteiger partial charge in [0.25, 0.3) is 0 Å². The zero-order valence-corrected chi connectivity index (χ0v) is 11.0. The Morgan fingerprint density at radius 2 is 2.22 bits per heavy atom. The van der Waals surface area contributed by atoms with Crippen LogP contribution in [0.25, 0.3) is 11.1 Å². The molecule has 3 nitrogen and oxygen atoms in total. The van der Waals surface area contributed by atoms with Gasteiger partial charge < -0.3 is 5.73 Å². The topological polar surface area (TPSA) is 43.8 Å². The van der Waals surface area contributed by atoms with Crippen molar-refractivity contribution in [2.45, 2.75) is 39.3 Å². The van der Waals surface area contributed by atoms with Crippen LogP contribution in [-0.2, 0) is 13.0 Å². The lowest BCUT2D eigenvalue weighted by atomic mass is 9.97. The van der Waals surface area contributed by atoms with Gasteiger partial charge in [-0.3, -0.25) is 4.68 Å². The van der Waals surface area contributed by atoms with Gasteiger partial charge in [-0.25, -0.2) is 0 Å². The van der Waals surface area contributed by atoms with Crippen molar-refractivity contribution in [2.24, 2.45) is 5.73 Å². The molecule has 94 valence electrons. The zero-order valence-electron chi connectivity index (χ0n) is 11.0. The minimum atomic E-state index is 0.210. The minimum Gasteiger partial charge on any atom is -0.324 e. The molecule has 0 saturated heterocycles. The predicted octanol–water partition coefficient (Wildman–Crippen LogP) is 2.82. The highest BCUT2D eigenvalue weighted by Gasteiger charge is 2.23. The van der Waals surface area contributed by atoms with Crippen LogP contribution in [0.5, 0.6) is 0 Å². The van der Waals surface area contributed by atoms with Gasteiger partial charge in [-0.05, 0) is 43.4 Å². The zero-order chi connectivity index (χ0) is 12.7. The number of aromatic nitrogens is 2. The lowest BCUT2D eigenvalue weighted by molar-refractivity contribution is 0.640. The van der Waals surface area contributed by atoms with Crippen molar-refractivity contribution < 1.29 is 0 Å². The Labute approximate surface area is 108 Å². The summed E-state index contributed by atoms with van der Waals surface area (Å²) in [5.74, 6) is 0. The molecule has 1 aliphatic carbocycles. The van der Waals surface area contributed by atoms with Gasteiger partial charge in [0.15, 0.2) is 0 Å². The van der Waals surface area contributed by atoms with Crippen molar-refractivity contribution in [1.82, 2.24) is 9.78 Å². The monoisotopic (exact) mass is 241 g/mol. The van der Waals surface area contributed by atoms with Crippen LogP contribution in [0.15, 0.2) is 24.4 Å². The molecule has 0 saturated carbocycles.